The van der Waals surface area contributed by atoms with Crippen LogP contribution in [0.25, 0.3) is 11.1 Å². The van der Waals surface area contributed by atoms with Crippen molar-refractivity contribution in [3.05, 3.63) is 36.4 Å². The highest BCUT2D eigenvalue weighted by molar-refractivity contribution is 5.98. The van der Waals surface area contributed by atoms with Crippen LogP contribution >= 0.6 is 0 Å². The molecule has 0 unspecified atom stereocenters. The van der Waals surface area contributed by atoms with Crippen molar-refractivity contribution in [1.82, 2.24) is 20.5 Å². The summed E-state index contributed by atoms with van der Waals surface area (Å²) in [6, 6.07) is 3.76. The number of nitrogens with zero attached hydrogens (tertiary/aromatic N) is 2. The van der Waals surface area contributed by atoms with Crippen LogP contribution in [0, 0.1) is 5.92 Å². The number of carbonyl (C=O) groups excluding carboxylic acids is 1. The minimum absolute atomic E-state index is 0.0788. The largest absolute Gasteiger partial charge is 0.350 e. The summed E-state index contributed by atoms with van der Waals surface area (Å²) in [4.78, 5) is 16.3. The molecule has 21 heavy (non-hydrogen) atoms. The number of hydrogen-bond acceptors (Lipinski definition) is 3. The Bertz CT molecular complexity index is 587. The minimum atomic E-state index is -0.0788. The molecule has 3 rings (SSSR count). The Morgan fingerprint density at radius 2 is 2.00 bits per heavy atom. The van der Waals surface area contributed by atoms with Gasteiger partial charge in [0.15, 0.2) is 0 Å². The molecule has 0 bridgehead atoms. The number of aromatic nitrogens is 3. The second-order valence-corrected chi connectivity index (χ2v) is 5.61. The van der Waals surface area contributed by atoms with Crippen molar-refractivity contribution in [2.24, 2.45) is 5.92 Å². The standard InChI is InChI=1S/C16H20N4O/c21-16(18-10-12-4-2-1-3-5-12)15-14(11-19-20-15)13-6-8-17-9-7-13/h6-9,11-12H,1-5,10H2,(H,18,21)(H,19,20). The maximum atomic E-state index is 12.3. The van der Waals surface area contributed by atoms with E-state index in [2.05, 4.69) is 20.5 Å². The lowest BCUT2D eigenvalue weighted by molar-refractivity contribution is 0.0939. The van der Waals surface area contributed by atoms with Crippen LogP contribution in [0.5, 0.6) is 0 Å². The molecule has 5 nitrogen and oxygen atoms in total. The summed E-state index contributed by atoms with van der Waals surface area (Å²) in [6.45, 7) is 0.758. The van der Waals surface area contributed by atoms with E-state index in [9.17, 15) is 4.79 Å². The molecule has 1 amide bonds. The highest BCUT2D eigenvalue weighted by atomic mass is 16.1. The first-order valence-electron chi connectivity index (χ1n) is 7.56. The van der Waals surface area contributed by atoms with Crippen molar-refractivity contribution in [3.63, 3.8) is 0 Å². The number of nitrogens with one attached hydrogen (secondary N) is 2. The average molecular weight is 284 g/mol. The van der Waals surface area contributed by atoms with Gasteiger partial charge in [-0.25, -0.2) is 0 Å². The minimum Gasteiger partial charge on any atom is -0.350 e. The fraction of sp³-hybridized carbons (Fsp3) is 0.438. The molecule has 1 fully saturated rings. The summed E-state index contributed by atoms with van der Waals surface area (Å²) in [6.07, 6.45) is 11.5. The monoisotopic (exact) mass is 284 g/mol. The van der Waals surface area contributed by atoms with Crippen molar-refractivity contribution in [3.8, 4) is 11.1 Å². The number of aromatic amines is 1. The van der Waals surface area contributed by atoms with E-state index in [0.29, 0.717) is 11.6 Å². The van der Waals surface area contributed by atoms with Crippen LogP contribution in [0.4, 0.5) is 0 Å². The van der Waals surface area contributed by atoms with Gasteiger partial charge < -0.3 is 5.32 Å². The molecule has 2 aromatic heterocycles. The molecule has 1 aliphatic carbocycles. The first-order chi connectivity index (χ1) is 10.3. The second kappa shape index (κ2) is 6.52. The second-order valence-electron chi connectivity index (χ2n) is 5.61. The lowest BCUT2D eigenvalue weighted by Gasteiger charge is -2.21. The predicted molar refractivity (Wildman–Crippen MR) is 80.7 cm³/mol. The number of pyridine rings is 1. The number of carbonyl (C=O) groups is 1. The first-order valence-corrected chi connectivity index (χ1v) is 7.56. The van der Waals surface area contributed by atoms with Gasteiger partial charge in [-0.05, 0) is 36.5 Å². The molecule has 0 atom stereocenters. The van der Waals surface area contributed by atoms with E-state index >= 15 is 0 Å². The Balaban J connectivity index is 1.66. The van der Waals surface area contributed by atoms with Gasteiger partial charge in [-0.3, -0.25) is 14.9 Å². The SMILES string of the molecule is O=C(NCC1CCCCC1)c1[nH]ncc1-c1ccncc1. The fourth-order valence-corrected chi connectivity index (χ4v) is 2.93. The van der Waals surface area contributed by atoms with Crippen LogP contribution in [0.3, 0.4) is 0 Å². The van der Waals surface area contributed by atoms with E-state index in [4.69, 9.17) is 0 Å². The zero-order chi connectivity index (χ0) is 14.5. The third-order valence-electron chi connectivity index (χ3n) is 4.13. The Morgan fingerprint density at radius 1 is 1.24 bits per heavy atom. The number of H-pyrrole nitrogens is 1. The van der Waals surface area contributed by atoms with E-state index in [1.165, 1.54) is 32.1 Å². The highest BCUT2D eigenvalue weighted by Crippen LogP contribution is 2.24. The van der Waals surface area contributed by atoms with Crippen molar-refractivity contribution in [2.45, 2.75) is 32.1 Å². The number of amides is 1. The molecule has 2 N–H and O–H groups in total. The van der Waals surface area contributed by atoms with Gasteiger partial charge in [0, 0.05) is 24.5 Å². The van der Waals surface area contributed by atoms with E-state index in [0.717, 1.165) is 17.7 Å². The maximum absolute atomic E-state index is 12.3. The Morgan fingerprint density at radius 3 is 2.76 bits per heavy atom. The van der Waals surface area contributed by atoms with Gasteiger partial charge >= 0.3 is 0 Å². The Labute approximate surface area is 124 Å². The predicted octanol–water partition coefficient (Wildman–Crippen LogP) is 2.78. The highest BCUT2D eigenvalue weighted by Gasteiger charge is 2.18. The molecular weight excluding hydrogens is 264 g/mol. The normalized spacial score (nSPS) is 15.8. The van der Waals surface area contributed by atoms with Crippen LogP contribution in [-0.2, 0) is 0 Å². The van der Waals surface area contributed by atoms with Gasteiger partial charge in [0.1, 0.15) is 5.69 Å². The lowest BCUT2D eigenvalue weighted by atomic mass is 9.89. The topological polar surface area (TPSA) is 70.7 Å². The summed E-state index contributed by atoms with van der Waals surface area (Å²) in [5.74, 6) is 0.542. The van der Waals surface area contributed by atoms with Gasteiger partial charge in [0.2, 0.25) is 0 Å². The van der Waals surface area contributed by atoms with Crippen molar-refractivity contribution < 1.29 is 4.79 Å². The molecule has 5 heteroatoms. The fourth-order valence-electron chi connectivity index (χ4n) is 2.93. The Kier molecular flexibility index (Phi) is 4.28. The van der Waals surface area contributed by atoms with Gasteiger partial charge in [-0.1, -0.05) is 19.3 Å². The molecule has 0 saturated heterocycles. The quantitative estimate of drug-likeness (QED) is 0.907. The lowest BCUT2D eigenvalue weighted by Crippen LogP contribution is -2.30. The van der Waals surface area contributed by atoms with Crippen LogP contribution < -0.4 is 5.32 Å². The van der Waals surface area contributed by atoms with E-state index in [1.54, 1.807) is 18.6 Å². The molecule has 0 aromatic carbocycles. The smallest absolute Gasteiger partial charge is 0.269 e. The van der Waals surface area contributed by atoms with E-state index < -0.39 is 0 Å². The van der Waals surface area contributed by atoms with Gasteiger partial charge in [-0.2, -0.15) is 5.10 Å². The van der Waals surface area contributed by atoms with Crippen molar-refractivity contribution in [1.29, 1.82) is 0 Å². The molecule has 110 valence electrons. The molecule has 0 radical (unpaired) electrons. The molecule has 0 spiro atoms. The molecule has 2 heterocycles. The average Bonchev–Trinajstić information content (AvgIpc) is 3.04. The van der Waals surface area contributed by atoms with Crippen LogP contribution in [0.1, 0.15) is 42.6 Å². The number of hydrogen-bond donors (Lipinski definition) is 2. The third-order valence-corrected chi connectivity index (χ3v) is 4.13. The van der Waals surface area contributed by atoms with E-state index in [1.807, 2.05) is 12.1 Å². The third kappa shape index (κ3) is 3.29. The Hall–Kier alpha value is -2.17. The zero-order valence-corrected chi connectivity index (χ0v) is 12.0. The number of rotatable bonds is 4. The summed E-state index contributed by atoms with van der Waals surface area (Å²) in [5, 5.41) is 9.86. The molecule has 0 aliphatic heterocycles. The van der Waals surface area contributed by atoms with E-state index in [-0.39, 0.29) is 5.91 Å². The van der Waals surface area contributed by atoms with Crippen molar-refractivity contribution in [2.75, 3.05) is 6.54 Å². The van der Waals surface area contributed by atoms with Crippen LogP contribution in [0.15, 0.2) is 30.7 Å². The van der Waals surface area contributed by atoms with Gasteiger partial charge in [-0.15, -0.1) is 0 Å². The van der Waals surface area contributed by atoms with Gasteiger partial charge in [0.25, 0.3) is 5.91 Å². The zero-order valence-electron chi connectivity index (χ0n) is 12.0. The summed E-state index contributed by atoms with van der Waals surface area (Å²) in [5.41, 5.74) is 2.29. The van der Waals surface area contributed by atoms with Gasteiger partial charge in [0.05, 0.1) is 6.20 Å². The summed E-state index contributed by atoms with van der Waals surface area (Å²) >= 11 is 0. The first kappa shape index (κ1) is 13.8. The molecule has 1 saturated carbocycles. The molecule has 2 aromatic rings. The summed E-state index contributed by atoms with van der Waals surface area (Å²) < 4.78 is 0. The summed E-state index contributed by atoms with van der Waals surface area (Å²) in [7, 11) is 0. The van der Waals surface area contributed by atoms with Crippen LogP contribution in [0.2, 0.25) is 0 Å². The molecule has 1 aliphatic rings. The van der Waals surface area contributed by atoms with Crippen molar-refractivity contribution >= 4 is 5.91 Å². The maximum Gasteiger partial charge on any atom is 0.269 e. The van der Waals surface area contributed by atoms with Crippen LogP contribution in [-0.4, -0.2) is 27.6 Å². The molecular formula is C16H20N4O.